The number of fused-ring (bicyclic) bond motifs is 6. The van der Waals surface area contributed by atoms with Crippen LogP contribution in [0.15, 0.2) is 255 Å². The van der Waals surface area contributed by atoms with Gasteiger partial charge in [-0.05, 0) is 150 Å². The molecular weight excluding hydrogens is 793 g/mol. The number of benzene rings is 13. The van der Waals surface area contributed by atoms with E-state index in [2.05, 4.69) is 255 Å². The van der Waals surface area contributed by atoms with Gasteiger partial charge in [-0.1, -0.05) is 237 Å². The zero-order valence-corrected chi connectivity index (χ0v) is 36.2. The lowest BCUT2D eigenvalue weighted by Crippen LogP contribution is -1.94. The Morgan fingerprint density at radius 3 is 0.864 bits per heavy atom. The Bertz CT molecular complexity index is 3950. The molecule has 0 atom stereocenters. The molecule has 0 radical (unpaired) electrons. The summed E-state index contributed by atoms with van der Waals surface area (Å²) in [6.07, 6.45) is 0. The third-order valence-corrected chi connectivity index (χ3v) is 13.8. The van der Waals surface area contributed by atoms with E-state index in [1.54, 1.807) is 0 Å². The van der Waals surface area contributed by atoms with Crippen LogP contribution in [0, 0.1) is 0 Å². The van der Waals surface area contributed by atoms with Crippen LogP contribution in [0.3, 0.4) is 0 Å². The highest BCUT2D eigenvalue weighted by atomic mass is 14.2. The third kappa shape index (κ3) is 6.30. The molecule has 0 spiro atoms. The summed E-state index contributed by atoms with van der Waals surface area (Å²) in [5, 5.41) is 15.0. The minimum atomic E-state index is 1.20. The van der Waals surface area contributed by atoms with Gasteiger partial charge in [0.25, 0.3) is 0 Å². The van der Waals surface area contributed by atoms with Crippen molar-refractivity contribution in [2.24, 2.45) is 0 Å². The fourth-order valence-electron chi connectivity index (χ4n) is 10.7. The third-order valence-electron chi connectivity index (χ3n) is 13.8. The maximum atomic E-state index is 2.48. The summed E-state index contributed by atoms with van der Waals surface area (Å²) < 4.78 is 0. The Labute approximate surface area is 384 Å². The monoisotopic (exact) mass is 834 g/mol. The van der Waals surface area contributed by atoms with E-state index < -0.39 is 0 Å². The van der Waals surface area contributed by atoms with Gasteiger partial charge >= 0.3 is 0 Å². The molecule has 0 nitrogen and oxygen atoms in total. The Hall–Kier alpha value is -8.58. The molecule has 0 aromatic heterocycles. The molecule has 0 aliphatic heterocycles. The summed E-state index contributed by atoms with van der Waals surface area (Å²) in [5.41, 5.74) is 14.7. The van der Waals surface area contributed by atoms with Crippen LogP contribution >= 0.6 is 0 Å². The van der Waals surface area contributed by atoms with E-state index in [-0.39, 0.29) is 0 Å². The Kier molecular flexibility index (Phi) is 8.96. The van der Waals surface area contributed by atoms with E-state index in [0.29, 0.717) is 0 Å². The van der Waals surface area contributed by atoms with Crippen molar-refractivity contribution in [3.63, 3.8) is 0 Å². The topological polar surface area (TPSA) is 0 Å². The van der Waals surface area contributed by atoms with Crippen molar-refractivity contribution in [2.45, 2.75) is 0 Å². The lowest BCUT2D eigenvalue weighted by molar-refractivity contribution is 1.62. The molecule has 0 aliphatic rings. The second-order valence-corrected chi connectivity index (χ2v) is 17.5. The van der Waals surface area contributed by atoms with Gasteiger partial charge in [-0.15, -0.1) is 0 Å². The van der Waals surface area contributed by atoms with E-state index >= 15 is 0 Å². The second kappa shape index (κ2) is 15.6. The minimum Gasteiger partial charge on any atom is -0.0622 e. The van der Waals surface area contributed by atoms with Crippen molar-refractivity contribution >= 4 is 64.6 Å². The van der Waals surface area contributed by atoms with Gasteiger partial charge < -0.3 is 0 Å². The summed E-state index contributed by atoms with van der Waals surface area (Å²) in [6.45, 7) is 0. The van der Waals surface area contributed by atoms with Gasteiger partial charge in [0.15, 0.2) is 0 Å². The Morgan fingerprint density at radius 1 is 0.136 bits per heavy atom. The van der Waals surface area contributed by atoms with Crippen LogP contribution in [-0.2, 0) is 0 Å². The maximum Gasteiger partial charge on any atom is -0.00261 e. The molecular formula is C66H42. The second-order valence-electron chi connectivity index (χ2n) is 17.5. The van der Waals surface area contributed by atoms with Crippen LogP contribution in [0.25, 0.3) is 131 Å². The van der Waals surface area contributed by atoms with Crippen LogP contribution < -0.4 is 0 Å². The largest absolute Gasteiger partial charge is 0.0622 e. The lowest BCUT2D eigenvalue weighted by atomic mass is 9.82. The summed E-state index contributed by atoms with van der Waals surface area (Å²) in [5.74, 6) is 0. The van der Waals surface area contributed by atoms with E-state index in [1.807, 2.05) is 0 Å². The van der Waals surface area contributed by atoms with Crippen molar-refractivity contribution in [1.82, 2.24) is 0 Å². The number of hydrogen-bond donors (Lipinski definition) is 0. The van der Waals surface area contributed by atoms with Crippen LogP contribution in [0.1, 0.15) is 0 Å². The molecule has 13 aromatic rings. The predicted octanol–water partition coefficient (Wildman–Crippen LogP) is 18.6. The van der Waals surface area contributed by atoms with Crippen molar-refractivity contribution < 1.29 is 0 Å². The van der Waals surface area contributed by atoms with Gasteiger partial charge in [-0.3, -0.25) is 0 Å². The normalized spacial score (nSPS) is 11.6. The molecule has 306 valence electrons. The highest BCUT2D eigenvalue weighted by Crippen LogP contribution is 2.48. The fraction of sp³-hybridized carbons (Fsp3) is 0. The molecule has 0 bridgehead atoms. The summed E-state index contributed by atoms with van der Waals surface area (Å²) in [6, 6.07) is 94.3. The lowest BCUT2D eigenvalue weighted by Gasteiger charge is -2.21. The highest BCUT2D eigenvalue weighted by Gasteiger charge is 2.21. The first-order valence-corrected chi connectivity index (χ1v) is 22.9. The average Bonchev–Trinajstić information content (AvgIpc) is 3.39. The van der Waals surface area contributed by atoms with Crippen LogP contribution in [0.4, 0.5) is 0 Å². The molecule has 0 aliphatic carbocycles. The first-order chi connectivity index (χ1) is 32.7. The Morgan fingerprint density at radius 2 is 0.424 bits per heavy atom. The number of rotatable bonds is 6. The van der Waals surface area contributed by atoms with Crippen molar-refractivity contribution in [3.8, 4) is 66.8 Å². The van der Waals surface area contributed by atoms with Crippen molar-refractivity contribution in [2.75, 3.05) is 0 Å². The van der Waals surface area contributed by atoms with Crippen LogP contribution in [0.2, 0.25) is 0 Å². The Balaban J connectivity index is 1.05. The molecule has 0 heterocycles. The molecule has 0 amide bonds. The van der Waals surface area contributed by atoms with Gasteiger partial charge in [0.2, 0.25) is 0 Å². The zero-order valence-electron chi connectivity index (χ0n) is 36.2. The molecule has 13 aromatic carbocycles. The quantitative estimate of drug-likeness (QED) is 0.146. The van der Waals surface area contributed by atoms with E-state index in [9.17, 15) is 0 Å². The highest BCUT2D eigenvalue weighted by molar-refractivity contribution is 6.25. The van der Waals surface area contributed by atoms with E-state index in [0.717, 1.165) is 0 Å². The maximum absolute atomic E-state index is 2.48. The zero-order chi connectivity index (χ0) is 43.6. The SMILES string of the molecule is c1ccc(-c2c3ccccc3c(-c3ccc4c(-c5ccc(-c6ccc7ccccc7c6)cc5)c5ccccc5c(-c5ccc(-c6ccc7ccccc7c6)cc5)c4c3)c3ccccc23)cc1. The molecule has 0 unspecified atom stereocenters. The molecule has 13 rings (SSSR count). The fourth-order valence-corrected chi connectivity index (χ4v) is 10.7. The number of hydrogen-bond acceptors (Lipinski definition) is 0. The smallest absolute Gasteiger partial charge is 0.00261 e. The summed E-state index contributed by atoms with van der Waals surface area (Å²) in [7, 11) is 0. The minimum absolute atomic E-state index is 1.20. The van der Waals surface area contributed by atoms with Crippen LogP contribution in [0.5, 0.6) is 0 Å². The first-order valence-electron chi connectivity index (χ1n) is 22.9. The molecule has 0 saturated heterocycles. The van der Waals surface area contributed by atoms with Gasteiger partial charge in [-0.2, -0.15) is 0 Å². The summed E-state index contributed by atoms with van der Waals surface area (Å²) in [4.78, 5) is 0. The first kappa shape index (κ1) is 37.9. The van der Waals surface area contributed by atoms with E-state index in [1.165, 1.54) is 131 Å². The van der Waals surface area contributed by atoms with Gasteiger partial charge in [-0.25, -0.2) is 0 Å². The standard InChI is InChI=1S/C66H42/c1-2-16-47(17-3-1)63-56-21-9-12-24-59(56)66(60-25-13-10-22-57(60)63)54-38-39-61-62(42-54)65(49-34-28-46(29-35-49)53-37-31-44-15-5-7-19-51(44)41-53)58-23-11-8-20-55(58)64(61)48-32-26-45(27-33-48)52-36-30-43-14-4-6-18-50(43)40-52/h1-42H. The van der Waals surface area contributed by atoms with Crippen molar-refractivity contribution in [1.29, 1.82) is 0 Å². The van der Waals surface area contributed by atoms with Gasteiger partial charge in [0.1, 0.15) is 0 Å². The molecule has 0 heteroatoms. The molecule has 0 N–H and O–H groups in total. The molecule has 66 heavy (non-hydrogen) atoms. The summed E-state index contributed by atoms with van der Waals surface area (Å²) >= 11 is 0. The average molecular weight is 835 g/mol. The van der Waals surface area contributed by atoms with Crippen LogP contribution in [-0.4, -0.2) is 0 Å². The predicted molar refractivity (Wildman–Crippen MR) is 284 cm³/mol. The van der Waals surface area contributed by atoms with Gasteiger partial charge in [0.05, 0.1) is 0 Å². The molecule has 0 fully saturated rings. The van der Waals surface area contributed by atoms with Gasteiger partial charge in [0, 0.05) is 0 Å². The van der Waals surface area contributed by atoms with E-state index in [4.69, 9.17) is 0 Å². The van der Waals surface area contributed by atoms with Crippen molar-refractivity contribution in [3.05, 3.63) is 255 Å². The molecule has 0 saturated carbocycles.